The second kappa shape index (κ2) is 9.86. The minimum absolute atomic E-state index is 0. The predicted molar refractivity (Wildman–Crippen MR) is 115 cm³/mol. The highest BCUT2D eigenvalue weighted by Crippen LogP contribution is 2.23. The topological polar surface area (TPSA) is 89.1 Å². The number of aromatic nitrogens is 4. The molecule has 160 valence electrons. The maximum Gasteiger partial charge on any atom is 0.246 e. The summed E-state index contributed by atoms with van der Waals surface area (Å²) in [5, 5.41) is 11.8. The summed E-state index contributed by atoms with van der Waals surface area (Å²) < 4.78 is 7.16. The number of hydrogen-bond acceptors (Lipinski definition) is 6. The number of piperidine rings is 1. The van der Waals surface area contributed by atoms with E-state index in [1.807, 2.05) is 41.9 Å². The Labute approximate surface area is 182 Å². The first kappa shape index (κ1) is 22.0. The van der Waals surface area contributed by atoms with Crippen molar-refractivity contribution in [2.24, 2.45) is 0 Å². The summed E-state index contributed by atoms with van der Waals surface area (Å²) in [5.41, 5.74) is 3.14. The zero-order chi connectivity index (χ0) is 20.2. The normalized spacial score (nSPS) is 16.1. The number of carbonyl (C=O) groups is 1. The van der Waals surface area contributed by atoms with Crippen LogP contribution in [0, 0.1) is 6.92 Å². The van der Waals surface area contributed by atoms with Crippen LogP contribution in [0.4, 0.5) is 0 Å². The van der Waals surface area contributed by atoms with Crippen LogP contribution in [-0.2, 0) is 17.9 Å². The van der Waals surface area contributed by atoms with Crippen molar-refractivity contribution in [1.29, 1.82) is 0 Å². The number of hydrogen-bond donors (Lipinski definition) is 1. The molecule has 4 rings (SSSR count). The Kier molecular flexibility index (Phi) is 7.23. The van der Waals surface area contributed by atoms with Crippen molar-refractivity contribution < 1.29 is 9.32 Å². The summed E-state index contributed by atoms with van der Waals surface area (Å²) >= 11 is 0. The van der Waals surface area contributed by atoms with Gasteiger partial charge >= 0.3 is 0 Å². The highest BCUT2D eigenvalue weighted by atomic mass is 35.5. The molecule has 1 atom stereocenters. The third-order valence-corrected chi connectivity index (χ3v) is 5.29. The van der Waals surface area contributed by atoms with Crippen molar-refractivity contribution >= 4 is 18.3 Å². The first-order valence-electron chi connectivity index (χ1n) is 9.96. The van der Waals surface area contributed by atoms with E-state index in [1.54, 1.807) is 18.1 Å². The average molecular weight is 431 g/mol. The number of rotatable bonds is 6. The number of benzene rings is 1. The Balaban J connectivity index is 0.00000256. The van der Waals surface area contributed by atoms with Crippen LogP contribution in [0.2, 0.25) is 0 Å². The van der Waals surface area contributed by atoms with Gasteiger partial charge in [-0.2, -0.15) is 10.1 Å². The highest BCUT2D eigenvalue weighted by molar-refractivity contribution is 5.85. The Morgan fingerprint density at radius 2 is 2.23 bits per heavy atom. The van der Waals surface area contributed by atoms with Gasteiger partial charge in [0.1, 0.15) is 6.54 Å². The van der Waals surface area contributed by atoms with E-state index in [1.165, 1.54) is 0 Å². The molecule has 8 nitrogen and oxygen atoms in total. The van der Waals surface area contributed by atoms with E-state index in [2.05, 4.69) is 20.6 Å². The SMILES string of the molecule is Cc1cccc(-c2noc(CN(C)C(=O)Cn3nccc3C3CCCNC3)n2)c1.Cl. The smallest absolute Gasteiger partial charge is 0.246 e. The fraction of sp³-hybridized carbons (Fsp3) is 0.429. The van der Waals surface area contributed by atoms with Gasteiger partial charge < -0.3 is 14.7 Å². The Morgan fingerprint density at radius 3 is 3.00 bits per heavy atom. The summed E-state index contributed by atoms with van der Waals surface area (Å²) in [6, 6.07) is 9.93. The van der Waals surface area contributed by atoms with E-state index in [4.69, 9.17) is 4.52 Å². The molecule has 0 bridgehead atoms. The number of amides is 1. The molecule has 0 aliphatic carbocycles. The second-order valence-corrected chi connectivity index (χ2v) is 7.59. The summed E-state index contributed by atoms with van der Waals surface area (Å²) in [6.07, 6.45) is 4.03. The number of likely N-dealkylation sites (N-methyl/N-ethyl adjacent to an activating group) is 1. The predicted octanol–water partition coefficient (Wildman–Crippen LogP) is 2.79. The largest absolute Gasteiger partial charge is 0.337 e. The van der Waals surface area contributed by atoms with Crippen LogP contribution in [0.3, 0.4) is 0 Å². The van der Waals surface area contributed by atoms with Gasteiger partial charge in [-0.1, -0.05) is 28.9 Å². The first-order valence-corrected chi connectivity index (χ1v) is 9.96. The zero-order valence-electron chi connectivity index (χ0n) is 17.2. The molecule has 30 heavy (non-hydrogen) atoms. The van der Waals surface area contributed by atoms with Crippen LogP contribution in [0.15, 0.2) is 41.1 Å². The van der Waals surface area contributed by atoms with E-state index >= 15 is 0 Å². The minimum Gasteiger partial charge on any atom is -0.337 e. The lowest BCUT2D eigenvalue weighted by Crippen LogP contribution is -2.33. The molecule has 0 spiro atoms. The number of nitrogens with one attached hydrogen (secondary N) is 1. The Bertz CT molecular complexity index is 979. The monoisotopic (exact) mass is 430 g/mol. The van der Waals surface area contributed by atoms with E-state index in [0.717, 1.165) is 42.8 Å². The molecule has 1 saturated heterocycles. The maximum absolute atomic E-state index is 12.7. The summed E-state index contributed by atoms with van der Waals surface area (Å²) in [5.74, 6) is 1.30. The van der Waals surface area contributed by atoms with E-state index < -0.39 is 0 Å². The van der Waals surface area contributed by atoms with Crippen molar-refractivity contribution in [2.45, 2.75) is 38.8 Å². The molecular weight excluding hydrogens is 404 g/mol. The van der Waals surface area contributed by atoms with Gasteiger partial charge in [0, 0.05) is 37.0 Å². The lowest BCUT2D eigenvalue weighted by molar-refractivity contribution is -0.131. The molecular formula is C21H27ClN6O2. The number of aryl methyl sites for hydroxylation is 1. The van der Waals surface area contributed by atoms with E-state index in [-0.39, 0.29) is 31.4 Å². The van der Waals surface area contributed by atoms with E-state index in [0.29, 0.717) is 17.6 Å². The maximum atomic E-state index is 12.7. The standard InChI is InChI=1S/C21H26N6O2.ClH/c1-15-5-3-6-16(11-15)21-24-19(29-25-21)13-26(2)20(28)14-27-18(8-10-23-27)17-7-4-9-22-12-17;/h3,5-6,8,10-11,17,22H,4,7,9,12-14H2,1-2H3;1H. The van der Waals surface area contributed by atoms with Crippen molar-refractivity contribution in [3.63, 3.8) is 0 Å². The van der Waals surface area contributed by atoms with Gasteiger partial charge in [-0.25, -0.2) is 0 Å². The lowest BCUT2D eigenvalue weighted by atomic mass is 9.96. The molecule has 9 heteroatoms. The van der Waals surface area contributed by atoms with Gasteiger partial charge in [0.05, 0.1) is 6.54 Å². The van der Waals surface area contributed by atoms with Crippen LogP contribution >= 0.6 is 12.4 Å². The van der Waals surface area contributed by atoms with Crippen molar-refractivity contribution in [3.05, 3.63) is 53.7 Å². The molecule has 0 radical (unpaired) electrons. The highest BCUT2D eigenvalue weighted by Gasteiger charge is 2.21. The zero-order valence-corrected chi connectivity index (χ0v) is 18.1. The quantitative estimate of drug-likeness (QED) is 0.646. The number of nitrogens with zero attached hydrogens (tertiary/aromatic N) is 5. The van der Waals surface area contributed by atoms with Crippen molar-refractivity contribution in [3.8, 4) is 11.4 Å². The van der Waals surface area contributed by atoms with Gasteiger partial charge in [-0.3, -0.25) is 9.48 Å². The summed E-state index contributed by atoms with van der Waals surface area (Å²) in [4.78, 5) is 18.8. The molecule has 1 aliphatic rings. The molecule has 1 aromatic carbocycles. The Morgan fingerprint density at radius 1 is 1.37 bits per heavy atom. The lowest BCUT2D eigenvalue weighted by Gasteiger charge is -2.24. The van der Waals surface area contributed by atoms with Gasteiger partial charge in [-0.15, -0.1) is 12.4 Å². The van der Waals surface area contributed by atoms with E-state index in [9.17, 15) is 4.79 Å². The van der Waals surface area contributed by atoms with Crippen LogP contribution in [-0.4, -0.2) is 50.9 Å². The minimum atomic E-state index is -0.0472. The van der Waals surface area contributed by atoms with Crippen LogP contribution in [0.5, 0.6) is 0 Å². The third kappa shape index (κ3) is 5.06. The first-order chi connectivity index (χ1) is 14.1. The molecule has 1 unspecified atom stereocenters. The van der Waals surface area contributed by atoms with Gasteiger partial charge in [0.2, 0.25) is 17.6 Å². The average Bonchev–Trinajstić information content (AvgIpc) is 3.38. The fourth-order valence-electron chi connectivity index (χ4n) is 3.69. The number of carbonyl (C=O) groups excluding carboxylic acids is 1. The van der Waals surface area contributed by atoms with Crippen LogP contribution in [0.1, 0.15) is 35.9 Å². The summed E-state index contributed by atoms with van der Waals surface area (Å²) in [6.45, 7) is 4.47. The number of halogens is 1. The molecule has 1 aliphatic heterocycles. The Hall–Kier alpha value is -2.71. The van der Waals surface area contributed by atoms with Crippen LogP contribution in [0.25, 0.3) is 11.4 Å². The summed E-state index contributed by atoms with van der Waals surface area (Å²) in [7, 11) is 1.74. The molecule has 1 amide bonds. The van der Waals surface area contributed by atoms with Gasteiger partial charge in [0.25, 0.3) is 0 Å². The van der Waals surface area contributed by atoms with Gasteiger partial charge in [0.15, 0.2) is 0 Å². The second-order valence-electron chi connectivity index (χ2n) is 7.59. The van der Waals surface area contributed by atoms with Crippen molar-refractivity contribution in [1.82, 2.24) is 30.1 Å². The molecule has 2 aromatic heterocycles. The molecule has 1 N–H and O–H groups in total. The molecule has 3 aromatic rings. The molecule has 1 fully saturated rings. The molecule has 0 saturated carbocycles. The van der Waals surface area contributed by atoms with Crippen molar-refractivity contribution in [2.75, 3.05) is 20.1 Å². The van der Waals surface area contributed by atoms with Crippen LogP contribution < -0.4 is 5.32 Å². The third-order valence-electron chi connectivity index (χ3n) is 5.29. The fourth-order valence-corrected chi connectivity index (χ4v) is 3.69. The molecule has 3 heterocycles. The van der Waals surface area contributed by atoms with Gasteiger partial charge in [-0.05, 0) is 38.4 Å².